The highest BCUT2D eigenvalue weighted by Gasteiger charge is 2.59. The average Bonchev–Trinajstić information content (AvgIpc) is 2.63. The Morgan fingerprint density at radius 2 is 2.12 bits per heavy atom. The maximum atomic E-state index is 11.2. The largest absolute Gasteiger partial charge is 0.480 e. The third-order valence-corrected chi connectivity index (χ3v) is 4.39. The van der Waals surface area contributed by atoms with Crippen molar-refractivity contribution in [3.63, 3.8) is 0 Å². The van der Waals surface area contributed by atoms with Crippen molar-refractivity contribution < 1.29 is 14.6 Å². The Balaban J connectivity index is 2.05. The number of carbonyl (C=O) groups is 1. The molecular weight excluding hydrogens is 218 g/mol. The van der Waals surface area contributed by atoms with Crippen LogP contribution >= 0.6 is 0 Å². The van der Waals surface area contributed by atoms with Crippen molar-refractivity contribution in [1.82, 2.24) is 5.32 Å². The molecule has 1 saturated carbocycles. The van der Waals surface area contributed by atoms with Crippen LogP contribution in [0.3, 0.4) is 0 Å². The first-order valence-electron chi connectivity index (χ1n) is 6.46. The van der Waals surface area contributed by atoms with E-state index in [1.54, 1.807) is 0 Å². The van der Waals surface area contributed by atoms with Gasteiger partial charge in [0.05, 0.1) is 6.10 Å². The molecule has 1 aliphatic heterocycles. The minimum Gasteiger partial charge on any atom is -0.480 e. The van der Waals surface area contributed by atoms with Gasteiger partial charge in [0, 0.05) is 24.0 Å². The smallest absolute Gasteiger partial charge is 0.320 e. The number of hydrogen-bond donors (Lipinski definition) is 2. The van der Waals surface area contributed by atoms with Crippen LogP contribution in [0.2, 0.25) is 0 Å². The summed E-state index contributed by atoms with van der Waals surface area (Å²) in [5, 5.41) is 12.6. The molecule has 0 spiro atoms. The predicted molar refractivity (Wildman–Crippen MR) is 64.8 cm³/mol. The second kappa shape index (κ2) is 4.25. The van der Waals surface area contributed by atoms with Crippen LogP contribution in [0.25, 0.3) is 0 Å². The lowest BCUT2D eigenvalue weighted by Gasteiger charge is -2.55. The number of carboxylic acids is 1. The maximum absolute atomic E-state index is 11.2. The van der Waals surface area contributed by atoms with Crippen molar-refractivity contribution in [3.8, 4) is 0 Å². The fourth-order valence-electron chi connectivity index (χ4n) is 3.40. The summed E-state index contributed by atoms with van der Waals surface area (Å²) >= 11 is 0. The molecule has 2 aliphatic rings. The summed E-state index contributed by atoms with van der Waals surface area (Å²) < 4.78 is 5.71. The van der Waals surface area contributed by atoms with Crippen molar-refractivity contribution in [2.45, 2.75) is 52.3 Å². The molecule has 0 bridgehead atoms. The Kier molecular flexibility index (Phi) is 3.21. The fourth-order valence-corrected chi connectivity index (χ4v) is 3.40. The normalized spacial score (nSPS) is 36.4. The van der Waals surface area contributed by atoms with Gasteiger partial charge in [-0.05, 0) is 12.3 Å². The zero-order valence-electron chi connectivity index (χ0n) is 11.1. The van der Waals surface area contributed by atoms with Gasteiger partial charge in [-0.25, -0.2) is 0 Å². The molecule has 1 saturated heterocycles. The molecule has 1 aliphatic carbocycles. The number of rotatable bonds is 4. The van der Waals surface area contributed by atoms with Gasteiger partial charge in [-0.3, -0.25) is 4.79 Å². The molecule has 4 heteroatoms. The first-order chi connectivity index (χ1) is 7.85. The first kappa shape index (κ1) is 12.8. The van der Waals surface area contributed by atoms with E-state index in [0.717, 1.165) is 13.0 Å². The van der Waals surface area contributed by atoms with Gasteiger partial charge in [0.25, 0.3) is 0 Å². The summed E-state index contributed by atoms with van der Waals surface area (Å²) in [5.41, 5.74) is 0.0454. The van der Waals surface area contributed by atoms with Crippen molar-refractivity contribution >= 4 is 5.97 Å². The second-order valence-corrected chi connectivity index (χ2v) is 6.27. The molecule has 2 rings (SSSR count). The van der Waals surface area contributed by atoms with E-state index in [2.05, 4.69) is 19.2 Å². The van der Waals surface area contributed by atoms with Crippen LogP contribution in [-0.2, 0) is 9.53 Å². The Morgan fingerprint density at radius 1 is 1.47 bits per heavy atom. The van der Waals surface area contributed by atoms with Crippen molar-refractivity contribution in [2.24, 2.45) is 17.3 Å². The van der Waals surface area contributed by atoms with Gasteiger partial charge < -0.3 is 15.2 Å². The molecule has 2 N–H and O–H groups in total. The van der Waals surface area contributed by atoms with Crippen LogP contribution in [0.15, 0.2) is 0 Å². The molecule has 0 radical (unpaired) electrons. The van der Waals surface area contributed by atoms with Crippen LogP contribution in [0.5, 0.6) is 0 Å². The van der Waals surface area contributed by atoms with Gasteiger partial charge >= 0.3 is 5.97 Å². The first-order valence-corrected chi connectivity index (χ1v) is 6.46. The highest BCUT2D eigenvalue weighted by molar-refractivity contribution is 5.73. The van der Waals surface area contributed by atoms with E-state index >= 15 is 0 Å². The highest BCUT2D eigenvalue weighted by Crippen LogP contribution is 2.52. The Labute approximate surface area is 103 Å². The van der Waals surface area contributed by atoms with Crippen molar-refractivity contribution in [2.75, 3.05) is 6.61 Å². The molecule has 17 heavy (non-hydrogen) atoms. The van der Waals surface area contributed by atoms with Crippen LogP contribution in [0, 0.1) is 17.3 Å². The number of hydrogen-bond acceptors (Lipinski definition) is 3. The molecule has 4 nitrogen and oxygen atoms in total. The Hall–Kier alpha value is -0.610. The molecule has 98 valence electrons. The number of ether oxygens (including phenoxy) is 1. The standard InChI is InChI=1S/C13H23NO3/c1-7(2)9(12(15)16)14-10-8-5-6-17-11(8)13(10,3)4/h7-11,14H,5-6H2,1-4H3,(H,15,16). The summed E-state index contributed by atoms with van der Waals surface area (Å²) in [6.45, 7) is 9.03. The number of fused-ring (bicyclic) bond motifs is 1. The molecule has 2 fully saturated rings. The zero-order chi connectivity index (χ0) is 12.8. The van der Waals surface area contributed by atoms with E-state index in [1.165, 1.54) is 0 Å². The number of aliphatic carboxylic acids is 1. The van der Waals surface area contributed by atoms with Gasteiger partial charge in [0.15, 0.2) is 0 Å². The molecule has 1 heterocycles. The van der Waals surface area contributed by atoms with Crippen LogP contribution in [0.4, 0.5) is 0 Å². The van der Waals surface area contributed by atoms with Gasteiger partial charge in [0.1, 0.15) is 6.04 Å². The molecule has 0 aromatic heterocycles. The topological polar surface area (TPSA) is 58.6 Å². The summed E-state index contributed by atoms with van der Waals surface area (Å²) in [5.74, 6) is -0.159. The zero-order valence-corrected chi connectivity index (χ0v) is 11.1. The molecular formula is C13H23NO3. The molecule has 0 aromatic rings. The quantitative estimate of drug-likeness (QED) is 0.783. The molecule has 4 unspecified atom stereocenters. The van der Waals surface area contributed by atoms with Crippen molar-refractivity contribution in [1.29, 1.82) is 0 Å². The van der Waals surface area contributed by atoms with E-state index in [9.17, 15) is 9.90 Å². The van der Waals surface area contributed by atoms with Crippen LogP contribution in [-0.4, -0.2) is 35.9 Å². The summed E-state index contributed by atoms with van der Waals surface area (Å²) in [6, 6.07) is -0.195. The summed E-state index contributed by atoms with van der Waals surface area (Å²) in [7, 11) is 0. The van der Waals surface area contributed by atoms with E-state index in [0.29, 0.717) is 12.0 Å². The minimum atomic E-state index is -0.752. The monoisotopic (exact) mass is 241 g/mol. The van der Waals surface area contributed by atoms with Gasteiger partial charge in [0.2, 0.25) is 0 Å². The fraction of sp³-hybridized carbons (Fsp3) is 0.923. The van der Waals surface area contributed by atoms with Crippen molar-refractivity contribution in [3.05, 3.63) is 0 Å². The molecule has 4 atom stereocenters. The van der Waals surface area contributed by atoms with E-state index in [-0.39, 0.29) is 17.4 Å². The van der Waals surface area contributed by atoms with Crippen LogP contribution < -0.4 is 5.32 Å². The number of carboxylic acid groups (broad SMARTS) is 1. The second-order valence-electron chi connectivity index (χ2n) is 6.27. The van der Waals surface area contributed by atoms with E-state index in [4.69, 9.17) is 4.74 Å². The highest BCUT2D eigenvalue weighted by atomic mass is 16.5. The number of nitrogens with one attached hydrogen (secondary N) is 1. The van der Waals surface area contributed by atoms with Gasteiger partial charge in [-0.1, -0.05) is 27.7 Å². The lowest BCUT2D eigenvalue weighted by atomic mass is 9.57. The molecule has 0 aromatic carbocycles. The lowest BCUT2D eigenvalue weighted by Crippen LogP contribution is -2.68. The Morgan fingerprint density at radius 3 is 2.65 bits per heavy atom. The van der Waals surface area contributed by atoms with E-state index < -0.39 is 12.0 Å². The molecule has 0 amide bonds. The maximum Gasteiger partial charge on any atom is 0.320 e. The van der Waals surface area contributed by atoms with Gasteiger partial charge in [-0.15, -0.1) is 0 Å². The SMILES string of the molecule is CC(C)C(NC1C2CCOC2C1(C)C)C(=O)O. The van der Waals surface area contributed by atoms with E-state index in [1.807, 2.05) is 13.8 Å². The minimum absolute atomic E-state index is 0.0454. The third-order valence-electron chi connectivity index (χ3n) is 4.39. The predicted octanol–water partition coefficient (Wildman–Crippen LogP) is 1.50. The lowest BCUT2D eigenvalue weighted by molar-refractivity contribution is -0.146. The Bertz CT molecular complexity index is 314. The average molecular weight is 241 g/mol. The summed E-state index contributed by atoms with van der Waals surface area (Å²) in [6.07, 6.45) is 1.36. The summed E-state index contributed by atoms with van der Waals surface area (Å²) in [4.78, 5) is 11.2. The van der Waals surface area contributed by atoms with Crippen LogP contribution in [0.1, 0.15) is 34.1 Å². The third kappa shape index (κ3) is 1.97. The van der Waals surface area contributed by atoms with Gasteiger partial charge in [-0.2, -0.15) is 0 Å².